The molecule has 3 aromatic carbocycles. The monoisotopic (exact) mass is 421 g/mol. The fourth-order valence-electron chi connectivity index (χ4n) is 3.07. The van der Waals surface area contributed by atoms with Crippen LogP contribution in [0.3, 0.4) is 0 Å². The largest absolute Gasteiger partial charge is 0.478 e. The number of nitrogens with zero attached hydrogens (tertiary/aromatic N) is 2. The van der Waals surface area contributed by atoms with E-state index in [4.69, 9.17) is 16.7 Å². The van der Waals surface area contributed by atoms with Crippen molar-refractivity contribution in [3.05, 3.63) is 101 Å². The minimum absolute atomic E-state index is 0.201. The molecule has 0 atom stereocenters. The number of rotatable bonds is 6. The zero-order valence-corrected chi connectivity index (χ0v) is 16.5. The van der Waals surface area contributed by atoms with Crippen LogP contribution in [-0.4, -0.2) is 20.9 Å². The first-order valence-electron chi connectivity index (χ1n) is 9.17. The third-order valence-electron chi connectivity index (χ3n) is 4.59. The van der Waals surface area contributed by atoms with Crippen molar-refractivity contribution in [1.82, 2.24) is 9.78 Å². The summed E-state index contributed by atoms with van der Waals surface area (Å²) in [6.07, 6.45) is 1.87. The highest BCUT2D eigenvalue weighted by molar-refractivity contribution is 6.30. The lowest BCUT2D eigenvalue weighted by atomic mass is 10.1. The molecule has 30 heavy (non-hydrogen) atoms. The van der Waals surface area contributed by atoms with E-state index in [9.17, 15) is 9.18 Å². The van der Waals surface area contributed by atoms with Gasteiger partial charge in [-0.2, -0.15) is 5.10 Å². The van der Waals surface area contributed by atoms with Crippen LogP contribution in [-0.2, 0) is 6.54 Å². The molecule has 4 aromatic rings. The fraction of sp³-hybridized carbons (Fsp3) is 0.0435. The van der Waals surface area contributed by atoms with Gasteiger partial charge in [0.15, 0.2) is 0 Å². The van der Waals surface area contributed by atoms with Gasteiger partial charge < -0.3 is 10.4 Å². The number of halogens is 2. The molecule has 0 bridgehead atoms. The predicted molar refractivity (Wildman–Crippen MR) is 115 cm³/mol. The average Bonchev–Trinajstić information content (AvgIpc) is 3.17. The van der Waals surface area contributed by atoms with Gasteiger partial charge in [0.2, 0.25) is 0 Å². The first kappa shape index (κ1) is 19.7. The van der Waals surface area contributed by atoms with Crippen molar-refractivity contribution in [1.29, 1.82) is 0 Å². The zero-order chi connectivity index (χ0) is 21.1. The highest BCUT2D eigenvalue weighted by Gasteiger charge is 2.13. The molecule has 1 heterocycles. The normalized spacial score (nSPS) is 10.7. The van der Waals surface area contributed by atoms with Crippen molar-refractivity contribution in [3.63, 3.8) is 0 Å². The minimum atomic E-state index is -0.986. The summed E-state index contributed by atoms with van der Waals surface area (Å²) in [5, 5.41) is 17.7. The van der Waals surface area contributed by atoms with Gasteiger partial charge in [0.1, 0.15) is 5.82 Å². The van der Waals surface area contributed by atoms with Crippen molar-refractivity contribution in [3.8, 4) is 16.9 Å². The van der Waals surface area contributed by atoms with Gasteiger partial charge in [0, 0.05) is 34.6 Å². The van der Waals surface area contributed by atoms with E-state index >= 15 is 0 Å². The number of aromatic nitrogens is 2. The van der Waals surface area contributed by atoms with Crippen molar-refractivity contribution in [2.45, 2.75) is 6.54 Å². The van der Waals surface area contributed by atoms with Crippen molar-refractivity contribution in [2.24, 2.45) is 0 Å². The Morgan fingerprint density at radius 1 is 1.07 bits per heavy atom. The Bertz CT molecular complexity index is 1190. The smallest absolute Gasteiger partial charge is 0.335 e. The summed E-state index contributed by atoms with van der Waals surface area (Å²) in [4.78, 5) is 11.1. The summed E-state index contributed by atoms with van der Waals surface area (Å²) in [5.74, 6) is -1.30. The van der Waals surface area contributed by atoms with Crippen LogP contribution in [0.5, 0.6) is 0 Å². The molecule has 5 nitrogen and oxygen atoms in total. The van der Waals surface area contributed by atoms with Crippen LogP contribution in [0, 0.1) is 5.82 Å². The maximum Gasteiger partial charge on any atom is 0.335 e. The van der Waals surface area contributed by atoms with Gasteiger partial charge >= 0.3 is 5.97 Å². The number of carboxylic acid groups (broad SMARTS) is 1. The summed E-state index contributed by atoms with van der Waals surface area (Å²) >= 11 is 6.05. The number of carboxylic acids is 1. The van der Waals surface area contributed by atoms with E-state index in [2.05, 4.69) is 10.4 Å². The third-order valence-corrected chi connectivity index (χ3v) is 4.83. The lowest BCUT2D eigenvalue weighted by molar-refractivity contribution is 0.0697. The second-order valence-electron chi connectivity index (χ2n) is 6.67. The van der Waals surface area contributed by atoms with Crippen molar-refractivity contribution in [2.75, 3.05) is 5.32 Å². The Balaban J connectivity index is 1.69. The molecule has 0 saturated carbocycles. The van der Waals surface area contributed by atoms with Crippen LogP contribution in [0.2, 0.25) is 5.02 Å². The van der Waals surface area contributed by atoms with Crippen molar-refractivity contribution < 1.29 is 14.3 Å². The molecule has 0 fully saturated rings. The van der Waals surface area contributed by atoms with E-state index in [1.807, 2.05) is 24.4 Å². The molecule has 0 aliphatic rings. The number of nitrogens with one attached hydrogen (secondary N) is 1. The van der Waals surface area contributed by atoms with Gasteiger partial charge in [-0.25, -0.2) is 13.9 Å². The second kappa shape index (κ2) is 8.39. The first-order chi connectivity index (χ1) is 14.5. The molecule has 150 valence electrons. The van der Waals surface area contributed by atoms with Gasteiger partial charge in [-0.15, -0.1) is 0 Å². The minimum Gasteiger partial charge on any atom is -0.478 e. The standard InChI is InChI=1S/C23H17ClFN3O2/c24-18-2-1-3-20(12-18)26-13-17-14-28(21-10-6-16(7-11-21)23(29)30)27-22(17)15-4-8-19(25)9-5-15/h1-12,14,26H,13H2,(H,29,30). The lowest BCUT2D eigenvalue weighted by Gasteiger charge is -2.07. The van der Waals surface area contributed by atoms with Crippen LogP contribution >= 0.6 is 11.6 Å². The molecule has 7 heteroatoms. The Kier molecular flexibility index (Phi) is 5.50. The van der Waals surface area contributed by atoms with E-state index in [0.717, 1.165) is 22.5 Å². The van der Waals surface area contributed by atoms with Crippen LogP contribution < -0.4 is 5.32 Å². The number of hydrogen-bond acceptors (Lipinski definition) is 3. The topological polar surface area (TPSA) is 67.2 Å². The lowest BCUT2D eigenvalue weighted by Crippen LogP contribution is -2.00. The van der Waals surface area contributed by atoms with Gasteiger partial charge in [-0.05, 0) is 66.7 Å². The maximum atomic E-state index is 13.4. The highest BCUT2D eigenvalue weighted by Crippen LogP contribution is 2.25. The Morgan fingerprint density at radius 2 is 1.80 bits per heavy atom. The Labute approximate surface area is 177 Å². The molecule has 0 aliphatic carbocycles. The fourth-order valence-corrected chi connectivity index (χ4v) is 3.26. The average molecular weight is 422 g/mol. The second-order valence-corrected chi connectivity index (χ2v) is 7.11. The summed E-state index contributed by atoms with van der Waals surface area (Å²) < 4.78 is 15.1. The summed E-state index contributed by atoms with van der Waals surface area (Å²) in [5.41, 5.74) is 4.16. The molecule has 0 saturated heterocycles. The van der Waals surface area contributed by atoms with E-state index in [1.54, 1.807) is 35.0 Å². The van der Waals surface area contributed by atoms with Crippen LogP contribution in [0.1, 0.15) is 15.9 Å². The van der Waals surface area contributed by atoms with Crippen LogP contribution in [0.4, 0.5) is 10.1 Å². The van der Waals surface area contributed by atoms with Crippen LogP contribution in [0.15, 0.2) is 79.0 Å². The number of anilines is 1. The highest BCUT2D eigenvalue weighted by atomic mass is 35.5. The Hall–Kier alpha value is -3.64. The molecule has 0 amide bonds. The predicted octanol–water partition coefficient (Wildman–Crippen LogP) is 5.64. The summed E-state index contributed by atoms with van der Waals surface area (Å²) in [6, 6.07) is 20.0. The molecule has 2 N–H and O–H groups in total. The zero-order valence-electron chi connectivity index (χ0n) is 15.7. The van der Waals surface area contributed by atoms with E-state index in [0.29, 0.717) is 17.3 Å². The van der Waals surface area contributed by atoms with E-state index < -0.39 is 5.97 Å². The molecule has 0 aliphatic heterocycles. The van der Waals surface area contributed by atoms with Crippen LogP contribution in [0.25, 0.3) is 16.9 Å². The Morgan fingerprint density at radius 3 is 2.47 bits per heavy atom. The molecular formula is C23H17ClFN3O2. The van der Waals surface area contributed by atoms with Gasteiger partial charge in [0.25, 0.3) is 0 Å². The number of hydrogen-bond donors (Lipinski definition) is 2. The van der Waals surface area contributed by atoms with Crippen molar-refractivity contribution >= 4 is 23.3 Å². The number of benzene rings is 3. The summed E-state index contributed by atoms with van der Waals surface area (Å²) in [6.45, 7) is 0.472. The molecule has 0 spiro atoms. The molecule has 0 unspecified atom stereocenters. The number of aromatic carboxylic acids is 1. The quantitative estimate of drug-likeness (QED) is 0.422. The maximum absolute atomic E-state index is 13.4. The third kappa shape index (κ3) is 4.34. The summed E-state index contributed by atoms with van der Waals surface area (Å²) in [7, 11) is 0. The first-order valence-corrected chi connectivity index (χ1v) is 9.55. The molecule has 1 aromatic heterocycles. The number of carbonyl (C=O) groups is 1. The molecule has 4 rings (SSSR count). The molecular weight excluding hydrogens is 405 g/mol. The van der Waals surface area contributed by atoms with E-state index in [-0.39, 0.29) is 11.4 Å². The van der Waals surface area contributed by atoms with E-state index in [1.165, 1.54) is 24.3 Å². The van der Waals surface area contributed by atoms with Gasteiger partial charge in [-0.3, -0.25) is 0 Å². The van der Waals surface area contributed by atoms with Gasteiger partial charge in [-0.1, -0.05) is 17.7 Å². The SMILES string of the molecule is O=C(O)c1ccc(-n2cc(CNc3cccc(Cl)c3)c(-c3ccc(F)cc3)n2)cc1. The van der Waals surface area contributed by atoms with Gasteiger partial charge in [0.05, 0.1) is 16.9 Å². The molecule has 0 radical (unpaired) electrons.